The van der Waals surface area contributed by atoms with E-state index in [1.54, 1.807) is 0 Å². The molecule has 0 unspecified atom stereocenters. The van der Waals surface area contributed by atoms with Crippen molar-refractivity contribution in [2.24, 2.45) is 10.8 Å². The van der Waals surface area contributed by atoms with E-state index < -0.39 is 0 Å². The van der Waals surface area contributed by atoms with Crippen molar-refractivity contribution in [3.05, 3.63) is 0 Å². The first kappa shape index (κ1) is 11.3. The average Bonchev–Trinajstić information content (AvgIpc) is 2.12. The van der Waals surface area contributed by atoms with Crippen LogP contribution in [0.5, 0.6) is 0 Å². The van der Waals surface area contributed by atoms with E-state index in [9.17, 15) is 0 Å². The third-order valence-corrected chi connectivity index (χ3v) is 2.16. The molecule has 0 aromatic rings. The van der Waals surface area contributed by atoms with Gasteiger partial charge in [0.25, 0.3) is 0 Å². The fraction of sp³-hybridized carbons (Fsp3) is 0.889. The van der Waals surface area contributed by atoms with Crippen molar-refractivity contribution in [1.82, 2.24) is 10.3 Å². The summed E-state index contributed by atoms with van der Waals surface area (Å²) in [5.41, 5.74) is 2.63. The molecule has 5 heteroatoms. The van der Waals surface area contributed by atoms with Crippen molar-refractivity contribution in [1.29, 1.82) is 0 Å². The van der Waals surface area contributed by atoms with E-state index in [0.29, 0.717) is 0 Å². The van der Waals surface area contributed by atoms with Crippen molar-refractivity contribution in [2.45, 2.75) is 33.0 Å². The lowest BCUT2D eigenvalue weighted by molar-refractivity contribution is -0.0489. The zero-order valence-electron chi connectivity index (χ0n) is 9.16. The van der Waals surface area contributed by atoms with Crippen LogP contribution >= 0.6 is 0 Å². The summed E-state index contributed by atoms with van der Waals surface area (Å²) in [4.78, 5) is 6.41. The number of guanidine groups is 1. The average molecular weight is 200 g/mol. The van der Waals surface area contributed by atoms with Crippen molar-refractivity contribution in [3.8, 4) is 0 Å². The van der Waals surface area contributed by atoms with E-state index in [1.807, 2.05) is 6.92 Å². The van der Waals surface area contributed by atoms with Gasteiger partial charge in [0.05, 0.1) is 12.2 Å². The predicted molar refractivity (Wildman–Crippen MR) is 56.9 cm³/mol. The largest absolute Gasteiger partial charge is 0.372 e. The molecule has 0 saturated carbocycles. The maximum atomic E-state index is 5.62. The van der Waals surface area contributed by atoms with Gasteiger partial charge in [-0.15, -0.1) is 0 Å². The van der Waals surface area contributed by atoms with Gasteiger partial charge >= 0.3 is 0 Å². The molecule has 1 saturated heterocycles. The van der Waals surface area contributed by atoms with Crippen LogP contribution in [0.3, 0.4) is 0 Å². The maximum Gasteiger partial charge on any atom is 0.208 e. The Morgan fingerprint density at radius 3 is 2.50 bits per heavy atom. The Hall–Kier alpha value is -0.810. The molecule has 0 radical (unpaired) electrons. The van der Waals surface area contributed by atoms with E-state index in [1.165, 1.54) is 0 Å². The first-order valence-electron chi connectivity index (χ1n) is 5.08. The Kier molecular flexibility index (Phi) is 4.16. The lowest BCUT2D eigenvalue weighted by Gasteiger charge is -2.36. The standard InChI is InChI=1S/C9H20N4O/c1-4-11-9(12-10)13-5-7(2)14-8(3)6-13/h7-8H,4-6,10H2,1-3H3,(H,11,12)/t7-,8+. The van der Waals surface area contributed by atoms with E-state index in [-0.39, 0.29) is 12.2 Å². The summed E-state index contributed by atoms with van der Waals surface area (Å²) in [5, 5.41) is 0. The number of nitrogens with two attached hydrogens (primary N) is 1. The van der Waals surface area contributed by atoms with Gasteiger partial charge in [0.2, 0.25) is 5.96 Å². The minimum absolute atomic E-state index is 0.231. The van der Waals surface area contributed by atoms with E-state index in [0.717, 1.165) is 25.6 Å². The number of hydrazine groups is 1. The SMILES string of the molecule is CCN=C(NN)N1C[C@@H](C)O[C@@H](C)C1. The fourth-order valence-corrected chi connectivity index (χ4v) is 1.74. The molecule has 0 amide bonds. The van der Waals surface area contributed by atoms with Gasteiger partial charge < -0.3 is 9.64 Å². The van der Waals surface area contributed by atoms with Gasteiger partial charge in [-0.05, 0) is 20.8 Å². The smallest absolute Gasteiger partial charge is 0.208 e. The topological polar surface area (TPSA) is 62.9 Å². The Morgan fingerprint density at radius 2 is 2.07 bits per heavy atom. The molecule has 0 aromatic carbocycles. The summed E-state index contributed by atoms with van der Waals surface area (Å²) in [5.74, 6) is 6.18. The summed E-state index contributed by atoms with van der Waals surface area (Å²) in [6.45, 7) is 8.52. The molecule has 1 fully saturated rings. The highest BCUT2D eigenvalue weighted by Crippen LogP contribution is 2.10. The predicted octanol–water partition coefficient (Wildman–Crippen LogP) is -0.0652. The van der Waals surface area contributed by atoms with Crippen LogP contribution in [0.15, 0.2) is 4.99 Å². The molecular formula is C9H20N4O. The van der Waals surface area contributed by atoms with Crippen molar-refractivity contribution >= 4 is 5.96 Å². The molecule has 1 aliphatic rings. The van der Waals surface area contributed by atoms with Gasteiger partial charge in [0.15, 0.2) is 0 Å². The molecule has 14 heavy (non-hydrogen) atoms. The van der Waals surface area contributed by atoms with E-state index in [2.05, 4.69) is 29.2 Å². The minimum atomic E-state index is 0.231. The number of nitrogens with zero attached hydrogens (tertiary/aromatic N) is 2. The van der Waals surface area contributed by atoms with Crippen LogP contribution in [-0.2, 0) is 4.74 Å². The van der Waals surface area contributed by atoms with E-state index in [4.69, 9.17) is 10.6 Å². The molecule has 1 heterocycles. The van der Waals surface area contributed by atoms with E-state index >= 15 is 0 Å². The molecule has 1 rings (SSSR count). The third-order valence-electron chi connectivity index (χ3n) is 2.16. The second-order valence-corrected chi connectivity index (χ2v) is 3.60. The lowest BCUT2D eigenvalue weighted by atomic mass is 10.2. The highest BCUT2D eigenvalue weighted by molar-refractivity contribution is 5.79. The van der Waals surface area contributed by atoms with Gasteiger partial charge in [-0.1, -0.05) is 0 Å². The van der Waals surface area contributed by atoms with Crippen molar-refractivity contribution in [2.75, 3.05) is 19.6 Å². The Morgan fingerprint density at radius 1 is 1.50 bits per heavy atom. The van der Waals surface area contributed by atoms with Gasteiger partial charge in [0, 0.05) is 19.6 Å². The second-order valence-electron chi connectivity index (χ2n) is 3.60. The van der Waals surface area contributed by atoms with Crippen LogP contribution in [0.4, 0.5) is 0 Å². The van der Waals surface area contributed by atoms with Crippen LogP contribution in [0, 0.1) is 0 Å². The number of morpholine rings is 1. The Labute approximate surface area is 85.3 Å². The summed E-state index contributed by atoms with van der Waals surface area (Å²) < 4.78 is 5.62. The number of nitrogens with one attached hydrogen (secondary N) is 1. The van der Waals surface area contributed by atoms with Gasteiger partial charge in [-0.3, -0.25) is 10.4 Å². The molecular weight excluding hydrogens is 180 g/mol. The summed E-state index contributed by atoms with van der Waals surface area (Å²) >= 11 is 0. The summed E-state index contributed by atoms with van der Waals surface area (Å²) in [6.07, 6.45) is 0.461. The lowest BCUT2D eigenvalue weighted by Crippen LogP contribution is -2.54. The maximum absolute atomic E-state index is 5.62. The quantitative estimate of drug-likeness (QED) is 0.269. The number of ether oxygens (including phenoxy) is 1. The number of hydrogen-bond acceptors (Lipinski definition) is 3. The highest BCUT2D eigenvalue weighted by Gasteiger charge is 2.23. The van der Waals surface area contributed by atoms with Crippen LogP contribution in [0.25, 0.3) is 0 Å². The van der Waals surface area contributed by atoms with Crippen molar-refractivity contribution in [3.63, 3.8) is 0 Å². The Balaban J connectivity index is 2.61. The zero-order valence-corrected chi connectivity index (χ0v) is 9.16. The monoisotopic (exact) mass is 200 g/mol. The fourth-order valence-electron chi connectivity index (χ4n) is 1.74. The number of aliphatic imine (C=N–C) groups is 1. The molecule has 0 aliphatic carbocycles. The highest BCUT2D eigenvalue weighted by atomic mass is 16.5. The van der Waals surface area contributed by atoms with Gasteiger partial charge in [-0.2, -0.15) is 0 Å². The molecule has 1 aliphatic heterocycles. The van der Waals surface area contributed by atoms with Crippen LogP contribution < -0.4 is 11.3 Å². The molecule has 0 aromatic heterocycles. The molecule has 82 valence electrons. The number of hydrogen-bond donors (Lipinski definition) is 2. The minimum Gasteiger partial charge on any atom is -0.372 e. The molecule has 0 spiro atoms. The molecule has 2 atom stereocenters. The van der Waals surface area contributed by atoms with Gasteiger partial charge in [0.1, 0.15) is 0 Å². The van der Waals surface area contributed by atoms with Gasteiger partial charge in [-0.25, -0.2) is 5.84 Å². The zero-order chi connectivity index (χ0) is 10.6. The Bertz CT molecular complexity index is 197. The molecule has 5 nitrogen and oxygen atoms in total. The van der Waals surface area contributed by atoms with Crippen molar-refractivity contribution < 1.29 is 4.74 Å². The molecule has 0 bridgehead atoms. The van der Waals surface area contributed by atoms with Crippen LogP contribution in [0.1, 0.15) is 20.8 Å². The first-order valence-corrected chi connectivity index (χ1v) is 5.08. The third kappa shape index (κ3) is 2.85. The summed E-state index contributed by atoms with van der Waals surface area (Å²) in [6, 6.07) is 0. The summed E-state index contributed by atoms with van der Waals surface area (Å²) in [7, 11) is 0. The number of rotatable bonds is 1. The van der Waals surface area contributed by atoms with Crippen LogP contribution in [-0.4, -0.2) is 42.7 Å². The molecule has 3 N–H and O–H groups in total. The first-order chi connectivity index (χ1) is 6.67. The van der Waals surface area contributed by atoms with Crippen LogP contribution in [0.2, 0.25) is 0 Å². The normalized spacial score (nSPS) is 29.1. The second kappa shape index (κ2) is 5.17.